The quantitative estimate of drug-likeness (QED) is 0.804. The molecular formula is C16H19FN4O. The maximum absolute atomic E-state index is 12.8. The highest BCUT2D eigenvalue weighted by Gasteiger charge is 2.05. The van der Waals surface area contributed by atoms with Gasteiger partial charge in [-0.15, -0.1) is 0 Å². The number of benzene rings is 1. The number of amides is 1. The summed E-state index contributed by atoms with van der Waals surface area (Å²) in [5, 5.41) is 5.99. The summed E-state index contributed by atoms with van der Waals surface area (Å²) in [6, 6.07) is 5.48. The highest BCUT2D eigenvalue weighted by molar-refractivity contribution is 5.94. The Balaban J connectivity index is 1.72. The van der Waals surface area contributed by atoms with Crippen molar-refractivity contribution in [2.45, 2.75) is 20.3 Å². The molecule has 0 aliphatic heterocycles. The fraction of sp³-hybridized carbons (Fsp3) is 0.312. The largest absolute Gasteiger partial charge is 0.368 e. The van der Waals surface area contributed by atoms with Crippen molar-refractivity contribution in [3.8, 4) is 0 Å². The normalized spacial score (nSPS) is 10.3. The first kappa shape index (κ1) is 15.9. The predicted octanol–water partition coefficient (Wildman–Crippen LogP) is 2.46. The Bertz CT molecular complexity index is 643. The van der Waals surface area contributed by atoms with E-state index in [4.69, 9.17) is 0 Å². The average molecular weight is 302 g/mol. The van der Waals surface area contributed by atoms with Crippen molar-refractivity contribution in [3.63, 3.8) is 0 Å². The summed E-state index contributed by atoms with van der Waals surface area (Å²) < 4.78 is 12.8. The second kappa shape index (κ2) is 7.49. The lowest BCUT2D eigenvalue weighted by Crippen LogP contribution is -2.26. The zero-order valence-electron chi connectivity index (χ0n) is 12.7. The van der Waals surface area contributed by atoms with Crippen LogP contribution in [0.15, 0.2) is 30.5 Å². The van der Waals surface area contributed by atoms with Gasteiger partial charge in [0.15, 0.2) is 0 Å². The number of rotatable bonds is 6. The number of aromatic nitrogens is 2. The maximum Gasteiger partial charge on any atom is 0.251 e. The van der Waals surface area contributed by atoms with E-state index >= 15 is 0 Å². The first-order valence-electron chi connectivity index (χ1n) is 7.14. The summed E-state index contributed by atoms with van der Waals surface area (Å²) >= 11 is 0. The van der Waals surface area contributed by atoms with Crippen LogP contribution in [0.1, 0.15) is 28.2 Å². The SMILES string of the molecule is Cc1cnc(C)c(NCCCNC(=O)c2ccc(F)cc2)n1. The number of hydrogen-bond donors (Lipinski definition) is 2. The van der Waals surface area contributed by atoms with E-state index in [0.29, 0.717) is 18.7 Å². The summed E-state index contributed by atoms with van der Waals surface area (Å²) in [6.07, 6.45) is 2.48. The Morgan fingerprint density at radius 2 is 1.91 bits per heavy atom. The van der Waals surface area contributed by atoms with Gasteiger partial charge in [0.05, 0.1) is 11.4 Å². The third-order valence-electron chi connectivity index (χ3n) is 3.11. The van der Waals surface area contributed by atoms with Crippen molar-refractivity contribution in [3.05, 3.63) is 53.2 Å². The van der Waals surface area contributed by atoms with Crippen LogP contribution in [0.25, 0.3) is 0 Å². The van der Waals surface area contributed by atoms with E-state index in [2.05, 4.69) is 20.6 Å². The highest BCUT2D eigenvalue weighted by atomic mass is 19.1. The van der Waals surface area contributed by atoms with E-state index in [-0.39, 0.29) is 11.7 Å². The van der Waals surface area contributed by atoms with Gasteiger partial charge in [-0.05, 0) is 44.5 Å². The number of aryl methyl sites for hydroxylation is 2. The van der Waals surface area contributed by atoms with Gasteiger partial charge in [-0.2, -0.15) is 0 Å². The molecule has 0 fully saturated rings. The van der Waals surface area contributed by atoms with E-state index in [1.54, 1.807) is 6.20 Å². The molecule has 1 amide bonds. The minimum absolute atomic E-state index is 0.202. The van der Waals surface area contributed by atoms with E-state index in [9.17, 15) is 9.18 Å². The number of nitrogens with zero attached hydrogens (tertiary/aromatic N) is 2. The fourth-order valence-corrected chi connectivity index (χ4v) is 1.91. The molecule has 2 aromatic rings. The minimum Gasteiger partial charge on any atom is -0.368 e. The topological polar surface area (TPSA) is 66.9 Å². The van der Waals surface area contributed by atoms with Gasteiger partial charge in [0.1, 0.15) is 11.6 Å². The Morgan fingerprint density at radius 3 is 2.64 bits per heavy atom. The molecule has 6 heteroatoms. The summed E-state index contributed by atoms with van der Waals surface area (Å²) in [7, 11) is 0. The second-order valence-electron chi connectivity index (χ2n) is 4.99. The fourth-order valence-electron chi connectivity index (χ4n) is 1.91. The van der Waals surface area contributed by atoms with Gasteiger partial charge in [0.2, 0.25) is 0 Å². The van der Waals surface area contributed by atoms with Crippen LogP contribution < -0.4 is 10.6 Å². The lowest BCUT2D eigenvalue weighted by molar-refractivity contribution is 0.0953. The van der Waals surface area contributed by atoms with E-state index in [0.717, 1.165) is 23.6 Å². The zero-order valence-corrected chi connectivity index (χ0v) is 12.7. The molecule has 0 radical (unpaired) electrons. The van der Waals surface area contributed by atoms with Gasteiger partial charge in [-0.3, -0.25) is 9.78 Å². The van der Waals surface area contributed by atoms with E-state index in [1.807, 2.05) is 13.8 Å². The molecule has 0 unspecified atom stereocenters. The number of carbonyl (C=O) groups excluding carboxylic acids is 1. The van der Waals surface area contributed by atoms with Crippen molar-refractivity contribution >= 4 is 11.7 Å². The van der Waals surface area contributed by atoms with E-state index < -0.39 is 0 Å². The molecule has 5 nitrogen and oxygen atoms in total. The Labute approximate surface area is 129 Å². The standard InChI is InChI=1S/C16H19FN4O/c1-11-10-20-12(2)15(21-11)18-8-3-9-19-16(22)13-4-6-14(17)7-5-13/h4-7,10H,3,8-9H2,1-2H3,(H,18,21)(H,19,22). The van der Waals surface area contributed by atoms with E-state index in [1.165, 1.54) is 24.3 Å². The van der Waals surface area contributed by atoms with Gasteiger partial charge in [-0.25, -0.2) is 9.37 Å². The number of halogens is 1. The Morgan fingerprint density at radius 1 is 1.18 bits per heavy atom. The van der Waals surface area contributed by atoms with Crippen LogP contribution >= 0.6 is 0 Å². The molecule has 0 spiro atoms. The van der Waals surface area contributed by atoms with Gasteiger partial charge < -0.3 is 10.6 Å². The van der Waals surface area contributed by atoms with Gasteiger partial charge in [0, 0.05) is 24.8 Å². The summed E-state index contributed by atoms with van der Waals surface area (Å²) in [4.78, 5) is 20.4. The van der Waals surface area contributed by atoms with Crippen LogP contribution in [-0.2, 0) is 0 Å². The average Bonchev–Trinajstić information content (AvgIpc) is 2.50. The number of carbonyl (C=O) groups is 1. The monoisotopic (exact) mass is 302 g/mol. The number of nitrogens with one attached hydrogen (secondary N) is 2. The molecule has 22 heavy (non-hydrogen) atoms. The molecule has 2 N–H and O–H groups in total. The molecule has 1 heterocycles. The van der Waals surface area contributed by atoms with Gasteiger partial charge in [0.25, 0.3) is 5.91 Å². The Hall–Kier alpha value is -2.50. The van der Waals surface area contributed by atoms with Crippen molar-refractivity contribution in [1.82, 2.24) is 15.3 Å². The molecule has 0 bridgehead atoms. The maximum atomic E-state index is 12.8. The third kappa shape index (κ3) is 4.51. The first-order chi connectivity index (χ1) is 10.6. The molecule has 0 aliphatic carbocycles. The highest BCUT2D eigenvalue weighted by Crippen LogP contribution is 2.08. The first-order valence-corrected chi connectivity index (χ1v) is 7.14. The van der Waals surface area contributed by atoms with Crippen molar-refractivity contribution in [1.29, 1.82) is 0 Å². The van der Waals surface area contributed by atoms with Crippen molar-refractivity contribution in [2.24, 2.45) is 0 Å². The van der Waals surface area contributed by atoms with Crippen LogP contribution in [-0.4, -0.2) is 29.0 Å². The lowest BCUT2D eigenvalue weighted by atomic mass is 10.2. The molecule has 0 saturated heterocycles. The van der Waals surface area contributed by atoms with Crippen LogP contribution in [0.5, 0.6) is 0 Å². The second-order valence-corrected chi connectivity index (χ2v) is 4.99. The third-order valence-corrected chi connectivity index (χ3v) is 3.11. The summed E-state index contributed by atoms with van der Waals surface area (Å²) in [6.45, 7) is 5.00. The zero-order chi connectivity index (χ0) is 15.9. The Kier molecular flexibility index (Phi) is 5.41. The summed E-state index contributed by atoms with van der Waals surface area (Å²) in [5.74, 6) is 0.215. The number of hydrogen-bond acceptors (Lipinski definition) is 4. The summed E-state index contributed by atoms with van der Waals surface area (Å²) in [5.41, 5.74) is 2.16. The molecule has 0 aliphatic rings. The van der Waals surface area contributed by atoms with Crippen LogP contribution in [0.4, 0.5) is 10.2 Å². The molecular weight excluding hydrogens is 283 g/mol. The molecule has 0 atom stereocenters. The molecule has 0 saturated carbocycles. The van der Waals surface area contributed by atoms with Crippen LogP contribution in [0.3, 0.4) is 0 Å². The van der Waals surface area contributed by atoms with Crippen LogP contribution in [0.2, 0.25) is 0 Å². The molecule has 2 rings (SSSR count). The molecule has 116 valence electrons. The number of anilines is 1. The lowest BCUT2D eigenvalue weighted by Gasteiger charge is -2.09. The predicted molar refractivity (Wildman–Crippen MR) is 83.3 cm³/mol. The van der Waals surface area contributed by atoms with Gasteiger partial charge in [-0.1, -0.05) is 0 Å². The minimum atomic E-state index is -0.351. The smallest absolute Gasteiger partial charge is 0.251 e. The van der Waals surface area contributed by atoms with Crippen molar-refractivity contribution < 1.29 is 9.18 Å². The van der Waals surface area contributed by atoms with Crippen LogP contribution in [0, 0.1) is 19.7 Å². The molecule has 1 aromatic carbocycles. The molecule has 1 aromatic heterocycles. The van der Waals surface area contributed by atoms with Gasteiger partial charge >= 0.3 is 0 Å². The van der Waals surface area contributed by atoms with Crippen molar-refractivity contribution in [2.75, 3.05) is 18.4 Å².